The second kappa shape index (κ2) is 7.96. The number of allylic oxidation sites excluding steroid dienone is 1. The van der Waals surface area contributed by atoms with Gasteiger partial charge >= 0.3 is 6.85 Å². The average molecular weight is 338 g/mol. The van der Waals surface area contributed by atoms with Gasteiger partial charge in [-0.25, -0.2) is 0 Å². The summed E-state index contributed by atoms with van der Waals surface area (Å²) in [6.45, 7) is 1.23. The molecule has 2 nitrogen and oxygen atoms in total. The third kappa shape index (κ3) is 3.83. The summed E-state index contributed by atoms with van der Waals surface area (Å²) >= 11 is 0. The lowest BCUT2D eigenvalue weighted by molar-refractivity contribution is 0.879. The van der Waals surface area contributed by atoms with Crippen molar-refractivity contribution >= 4 is 29.8 Å². The summed E-state index contributed by atoms with van der Waals surface area (Å²) in [5.74, 6) is 0. The number of para-hydroxylation sites is 2. The van der Waals surface area contributed by atoms with Gasteiger partial charge in [0, 0.05) is 17.9 Å². The van der Waals surface area contributed by atoms with Crippen molar-refractivity contribution in [2.24, 2.45) is 0 Å². The second-order valence-corrected chi connectivity index (χ2v) is 6.69. The van der Waals surface area contributed by atoms with Crippen LogP contribution >= 0.6 is 0 Å². The molecule has 3 aromatic rings. The first-order valence-electron chi connectivity index (χ1n) is 9.30. The van der Waals surface area contributed by atoms with Gasteiger partial charge < -0.3 is 10.5 Å². The summed E-state index contributed by atoms with van der Waals surface area (Å²) < 4.78 is 0. The van der Waals surface area contributed by atoms with Crippen molar-refractivity contribution in [1.29, 1.82) is 0 Å². The Kier molecular flexibility index (Phi) is 5.06. The quantitative estimate of drug-likeness (QED) is 0.497. The van der Waals surface area contributed by atoms with Crippen molar-refractivity contribution in [3.63, 3.8) is 0 Å². The molecule has 1 heterocycles. The molecule has 3 heteroatoms. The van der Waals surface area contributed by atoms with Crippen LogP contribution in [0.25, 0.3) is 6.08 Å². The van der Waals surface area contributed by atoms with Gasteiger partial charge in [0.25, 0.3) is 0 Å². The first kappa shape index (κ1) is 16.5. The van der Waals surface area contributed by atoms with Crippen LogP contribution in [0.1, 0.15) is 18.4 Å². The summed E-state index contributed by atoms with van der Waals surface area (Å²) in [4.78, 5) is 0. The summed E-state index contributed by atoms with van der Waals surface area (Å²) in [5, 5.41) is 7.24. The lowest BCUT2D eigenvalue weighted by atomic mass is 9.47. The van der Waals surface area contributed by atoms with Crippen molar-refractivity contribution in [3.8, 4) is 0 Å². The lowest BCUT2D eigenvalue weighted by Crippen LogP contribution is -2.42. The SMILES string of the molecule is C1=C(CCCNc2ccccc2)B(c2ccccc2)Nc2ccccc21. The number of benzene rings is 3. The van der Waals surface area contributed by atoms with Crippen molar-refractivity contribution in [2.45, 2.75) is 12.8 Å². The predicted molar refractivity (Wildman–Crippen MR) is 114 cm³/mol. The van der Waals surface area contributed by atoms with Gasteiger partial charge in [-0.15, -0.1) is 0 Å². The minimum Gasteiger partial charge on any atom is -0.420 e. The van der Waals surface area contributed by atoms with Gasteiger partial charge in [-0.1, -0.05) is 83.7 Å². The maximum atomic E-state index is 3.73. The Morgan fingerprint density at radius 2 is 1.46 bits per heavy atom. The molecule has 0 spiro atoms. The van der Waals surface area contributed by atoms with Crippen molar-refractivity contribution in [1.82, 2.24) is 0 Å². The first-order valence-corrected chi connectivity index (χ1v) is 9.30. The highest BCUT2D eigenvalue weighted by molar-refractivity contribution is 6.83. The van der Waals surface area contributed by atoms with Crippen molar-refractivity contribution in [3.05, 3.63) is 96.0 Å². The van der Waals surface area contributed by atoms with E-state index in [4.69, 9.17) is 0 Å². The molecule has 0 unspecified atom stereocenters. The van der Waals surface area contributed by atoms with Crippen LogP contribution in [0.4, 0.5) is 11.4 Å². The number of hydrogen-bond acceptors (Lipinski definition) is 2. The van der Waals surface area contributed by atoms with E-state index in [-0.39, 0.29) is 6.85 Å². The largest absolute Gasteiger partial charge is 0.420 e. The first-order chi connectivity index (χ1) is 12.9. The lowest BCUT2D eigenvalue weighted by Gasteiger charge is -2.26. The highest BCUT2D eigenvalue weighted by Gasteiger charge is 2.26. The highest BCUT2D eigenvalue weighted by atomic mass is 14.9. The molecule has 0 aromatic heterocycles. The Morgan fingerprint density at radius 1 is 0.769 bits per heavy atom. The number of rotatable bonds is 6. The fourth-order valence-corrected chi connectivity index (χ4v) is 3.53. The molecule has 2 N–H and O–H groups in total. The summed E-state index contributed by atoms with van der Waals surface area (Å²) in [6, 6.07) is 29.7. The molecule has 0 amide bonds. The van der Waals surface area contributed by atoms with E-state index in [0.29, 0.717) is 0 Å². The van der Waals surface area contributed by atoms with E-state index < -0.39 is 0 Å². The van der Waals surface area contributed by atoms with Gasteiger partial charge in [0.2, 0.25) is 0 Å². The van der Waals surface area contributed by atoms with Crippen molar-refractivity contribution in [2.75, 3.05) is 17.1 Å². The van der Waals surface area contributed by atoms with Gasteiger partial charge in [0.15, 0.2) is 0 Å². The topological polar surface area (TPSA) is 24.1 Å². The second-order valence-electron chi connectivity index (χ2n) is 6.69. The molecule has 0 fully saturated rings. The Bertz CT molecular complexity index is 875. The average Bonchev–Trinajstić information content (AvgIpc) is 2.72. The smallest absolute Gasteiger partial charge is 0.316 e. The Labute approximate surface area is 156 Å². The Hall–Kier alpha value is -2.94. The van der Waals surface area contributed by atoms with Gasteiger partial charge in [-0.3, -0.25) is 0 Å². The molecule has 1 aliphatic rings. The zero-order valence-corrected chi connectivity index (χ0v) is 14.9. The molecule has 26 heavy (non-hydrogen) atoms. The molecule has 0 atom stereocenters. The summed E-state index contributed by atoms with van der Waals surface area (Å²) in [5.41, 5.74) is 6.46. The van der Waals surface area contributed by atoms with E-state index in [1.54, 1.807) is 0 Å². The minimum atomic E-state index is 0.253. The van der Waals surface area contributed by atoms with E-state index >= 15 is 0 Å². The summed E-state index contributed by atoms with van der Waals surface area (Å²) in [7, 11) is 0. The van der Waals surface area contributed by atoms with Gasteiger partial charge in [-0.2, -0.15) is 0 Å². The number of nitrogens with one attached hydrogen (secondary N) is 2. The third-order valence-corrected chi connectivity index (χ3v) is 4.85. The van der Waals surface area contributed by atoms with Crippen LogP contribution in [0, 0.1) is 0 Å². The van der Waals surface area contributed by atoms with Crippen molar-refractivity contribution < 1.29 is 0 Å². The zero-order valence-electron chi connectivity index (χ0n) is 14.9. The monoisotopic (exact) mass is 338 g/mol. The normalized spacial score (nSPS) is 12.8. The standard InChI is InChI=1S/C23H23BN2/c1-3-11-20(12-4-1)24-21(18-19-10-7-8-16-23(19)26-24)13-9-17-25-22-14-5-2-6-15-22/h1-8,10-12,14-16,18,25-26H,9,13,17H2. The highest BCUT2D eigenvalue weighted by Crippen LogP contribution is 2.27. The van der Waals surface area contributed by atoms with Crippen LogP contribution in [0.3, 0.4) is 0 Å². The summed E-state index contributed by atoms with van der Waals surface area (Å²) in [6.07, 6.45) is 4.54. The fraction of sp³-hybridized carbons (Fsp3) is 0.130. The Morgan fingerprint density at radius 3 is 2.27 bits per heavy atom. The Balaban J connectivity index is 1.48. The molecular weight excluding hydrogens is 315 g/mol. The maximum Gasteiger partial charge on any atom is 0.316 e. The molecule has 0 saturated heterocycles. The van der Waals surface area contributed by atoms with Gasteiger partial charge in [0.05, 0.1) is 0 Å². The number of anilines is 2. The predicted octanol–water partition coefficient (Wildman–Crippen LogP) is 4.83. The van der Waals surface area contributed by atoms with Gasteiger partial charge in [-0.05, 0) is 36.6 Å². The number of fused-ring (bicyclic) bond motifs is 1. The third-order valence-electron chi connectivity index (χ3n) is 4.85. The molecule has 0 saturated carbocycles. The van der Waals surface area contributed by atoms with E-state index in [9.17, 15) is 0 Å². The van der Waals surface area contributed by atoms with E-state index in [1.165, 1.54) is 27.9 Å². The zero-order chi connectivity index (χ0) is 17.6. The van der Waals surface area contributed by atoms with E-state index in [0.717, 1.165) is 19.4 Å². The molecular formula is C23H23BN2. The van der Waals surface area contributed by atoms with E-state index in [1.807, 2.05) is 6.07 Å². The fourth-order valence-electron chi connectivity index (χ4n) is 3.53. The van der Waals surface area contributed by atoms with Crippen LogP contribution in [0.2, 0.25) is 0 Å². The molecule has 4 rings (SSSR count). The maximum absolute atomic E-state index is 3.73. The minimum absolute atomic E-state index is 0.253. The van der Waals surface area contributed by atoms with Crippen LogP contribution < -0.4 is 16.0 Å². The van der Waals surface area contributed by atoms with Gasteiger partial charge in [0.1, 0.15) is 0 Å². The van der Waals surface area contributed by atoms with Crippen LogP contribution in [-0.4, -0.2) is 13.4 Å². The molecule has 1 aliphatic heterocycles. The van der Waals surface area contributed by atoms with Crippen LogP contribution in [0.15, 0.2) is 90.4 Å². The van der Waals surface area contributed by atoms with Crippen LogP contribution in [0.5, 0.6) is 0 Å². The van der Waals surface area contributed by atoms with Crippen LogP contribution in [-0.2, 0) is 0 Å². The number of hydrogen-bond donors (Lipinski definition) is 2. The molecule has 0 aliphatic carbocycles. The molecule has 0 bridgehead atoms. The molecule has 3 aromatic carbocycles. The molecule has 0 radical (unpaired) electrons. The molecule has 128 valence electrons. The van der Waals surface area contributed by atoms with E-state index in [2.05, 4.69) is 95.5 Å².